The lowest BCUT2D eigenvalue weighted by Crippen LogP contribution is -2.56. The third-order valence-corrected chi connectivity index (χ3v) is 6.68. The van der Waals surface area contributed by atoms with E-state index in [0.29, 0.717) is 31.0 Å². The van der Waals surface area contributed by atoms with E-state index in [9.17, 15) is 32.8 Å². The first kappa shape index (κ1) is 31.9. The molecule has 12 heteroatoms. The summed E-state index contributed by atoms with van der Waals surface area (Å²) in [6.07, 6.45) is 2.12. The minimum Gasteiger partial charge on any atom is -0.467 e. The van der Waals surface area contributed by atoms with E-state index >= 15 is 0 Å². The lowest BCUT2D eigenvalue weighted by molar-refractivity contribution is -0.163. The number of methoxy groups -OCH3 is 1. The Morgan fingerprint density at radius 1 is 1.05 bits per heavy atom. The van der Waals surface area contributed by atoms with Gasteiger partial charge in [-0.05, 0) is 49.1 Å². The van der Waals surface area contributed by atoms with Gasteiger partial charge in [-0.3, -0.25) is 14.4 Å². The first-order valence-electron chi connectivity index (χ1n) is 13.3. The summed E-state index contributed by atoms with van der Waals surface area (Å²) in [4.78, 5) is 64.8. The normalized spacial score (nSPS) is 16.8. The third kappa shape index (κ3) is 8.95. The maximum atomic E-state index is 13.9. The molecule has 0 aliphatic carbocycles. The molecule has 2 aromatic carbocycles. The molecule has 1 unspecified atom stereocenters. The van der Waals surface area contributed by atoms with Crippen LogP contribution >= 0.6 is 0 Å². The Bertz CT molecular complexity index is 1320. The second-order valence-corrected chi connectivity index (χ2v) is 9.81. The molecule has 3 rings (SSSR count). The highest BCUT2D eigenvalue weighted by Crippen LogP contribution is 2.20. The quantitative estimate of drug-likeness (QED) is 0.306. The average Bonchev–Trinajstić information content (AvgIpc) is 3.45. The lowest BCUT2D eigenvalue weighted by atomic mass is 10.0. The molecule has 4 atom stereocenters. The van der Waals surface area contributed by atoms with Gasteiger partial charge in [0.15, 0.2) is 6.04 Å². The number of nitrogens with one attached hydrogen (secondary N) is 2. The largest absolute Gasteiger partial charge is 0.467 e. The number of benzene rings is 2. The number of nitrogens with zero attached hydrogens (tertiary/aromatic N) is 1. The number of ether oxygens (including phenoxy) is 2. The Labute approximate surface area is 242 Å². The molecular weight excluding hydrogens is 552 g/mol. The molecule has 1 heterocycles. The molecule has 1 aliphatic rings. The van der Waals surface area contributed by atoms with Crippen LogP contribution in [0.3, 0.4) is 0 Å². The number of amides is 3. The van der Waals surface area contributed by atoms with Gasteiger partial charge in [-0.15, -0.1) is 0 Å². The van der Waals surface area contributed by atoms with E-state index in [4.69, 9.17) is 9.47 Å². The van der Waals surface area contributed by atoms with Crippen LogP contribution in [0.25, 0.3) is 6.08 Å². The maximum absolute atomic E-state index is 13.9. The summed E-state index contributed by atoms with van der Waals surface area (Å²) in [6.45, 7) is 3.09. The SMILES string of the molecule is COC(=O)[C@@H](NC(=O)[C@H](Cc1cc(F)cc(F)c1)NC(=O)/C=C/c1ccccc1)[C@@H](C)OC(=O)C1CCCN1C(C)=O. The summed E-state index contributed by atoms with van der Waals surface area (Å²) in [5, 5.41) is 4.92. The van der Waals surface area contributed by atoms with Crippen molar-refractivity contribution >= 4 is 35.7 Å². The van der Waals surface area contributed by atoms with Crippen molar-refractivity contribution in [2.75, 3.05) is 13.7 Å². The molecule has 0 spiro atoms. The Kier molecular flexibility index (Phi) is 11.3. The van der Waals surface area contributed by atoms with Crippen LogP contribution in [-0.4, -0.2) is 72.4 Å². The van der Waals surface area contributed by atoms with Crippen molar-refractivity contribution in [3.05, 3.63) is 77.4 Å². The molecule has 3 amide bonds. The fourth-order valence-corrected chi connectivity index (χ4v) is 4.60. The lowest BCUT2D eigenvalue weighted by Gasteiger charge is -2.28. The van der Waals surface area contributed by atoms with E-state index in [2.05, 4.69) is 10.6 Å². The van der Waals surface area contributed by atoms with Crippen LogP contribution in [0, 0.1) is 11.6 Å². The van der Waals surface area contributed by atoms with Crippen LogP contribution < -0.4 is 10.6 Å². The van der Waals surface area contributed by atoms with Gasteiger partial charge >= 0.3 is 11.9 Å². The summed E-state index contributed by atoms with van der Waals surface area (Å²) in [5.41, 5.74) is 0.785. The number of likely N-dealkylation sites (tertiary alicyclic amines) is 1. The molecule has 1 aliphatic heterocycles. The van der Waals surface area contributed by atoms with Crippen molar-refractivity contribution in [1.29, 1.82) is 0 Å². The number of rotatable bonds is 11. The van der Waals surface area contributed by atoms with Gasteiger partial charge in [0.1, 0.15) is 29.8 Å². The molecule has 0 saturated carbocycles. The average molecular weight is 586 g/mol. The van der Waals surface area contributed by atoms with Crippen LogP contribution in [-0.2, 0) is 39.9 Å². The van der Waals surface area contributed by atoms with Gasteiger partial charge in [-0.25, -0.2) is 18.4 Å². The van der Waals surface area contributed by atoms with Crippen molar-refractivity contribution in [2.24, 2.45) is 0 Å². The Morgan fingerprint density at radius 2 is 1.71 bits per heavy atom. The molecular formula is C30H33F2N3O7. The zero-order valence-corrected chi connectivity index (χ0v) is 23.5. The Hall–Kier alpha value is -4.61. The molecule has 224 valence electrons. The second-order valence-electron chi connectivity index (χ2n) is 9.81. The van der Waals surface area contributed by atoms with Crippen molar-refractivity contribution in [3.8, 4) is 0 Å². The minimum atomic E-state index is -1.50. The summed E-state index contributed by atoms with van der Waals surface area (Å²) >= 11 is 0. The number of carbonyl (C=O) groups excluding carboxylic acids is 5. The molecule has 1 fully saturated rings. The van der Waals surface area contributed by atoms with Gasteiger partial charge < -0.3 is 25.0 Å². The Morgan fingerprint density at radius 3 is 2.33 bits per heavy atom. The van der Waals surface area contributed by atoms with Crippen LogP contribution in [0.15, 0.2) is 54.6 Å². The third-order valence-electron chi connectivity index (χ3n) is 6.68. The van der Waals surface area contributed by atoms with E-state index in [-0.39, 0.29) is 17.9 Å². The van der Waals surface area contributed by atoms with E-state index in [1.807, 2.05) is 0 Å². The minimum absolute atomic E-state index is 0.0691. The Balaban J connectivity index is 1.79. The topological polar surface area (TPSA) is 131 Å². The van der Waals surface area contributed by atoms with E-state index in [1.54, 1.807) is 30.3 Å². The molecule has 1 saturated heterocycles. The predicted molar refractivity (Wildman–Crippen MR) is 147 cm³/mol. The van der Waals surface area contributed by atoms with Crippen molar-refractivity contribution < 1.29 is 42.2 Å². The fraction of sp³-hybridized carbons (Fsp3) is 0.367. The first-order chi connectivity index (χ1) is 20.0. The van der Waals surface area contributed by atoms with E-state index in [1.165, 1.54) is 30.9 Å². The highest BCUT2D eigenvalue weighted by atomic mass is 19.1. The zero-order valence-electron chi connectivity index (χ0n) is 23.5. The van der Waals surface area contributed by atoms with Crippen molar-refractivity contribution in [1.82, 2.24) is 15.5 Å². The van der Waals surface area contributed by atoms with E-state index < -0.39 is 59.6 Å². The van der Waals surface area contributed by atoms with Gasteiger partial charge in [-0.1, -0.05) is 30.3 Å². The molecule has 0 aromatic heterocycles. The monoisotopic (exact) mass is 585 g/mol. The van der Waals surface area contributed by atoms with Crippen LogP contribution in [0.1, 0.15) is 37.8 Å². The first-order valence-corrected chi connectivity index (χ1v) is 13.3. The molecule has 0 radical (unpaired) electrons. The molecule has 42 heavy (non-hydrogen) atoms. The van der Waals surface area contributed by atoms with Crippen molar-refractivity contribution in [3.63, 3.8) is 0 Å². The highest BCUT2D eigenvalue weighted by Gasteiger charge is 2.38. The molecule has 10 nitrogen and oxygen atoms in total. The van der Waals surface area contributed by atoms with Gasteiger partial charge in [0.25, 0.3) is 0 Å². The fourth-order valence-electron chi connectivity index (χ4n) is 4.60. The summed E-state index contributed by atoms with van der Waals surface area (Å²) < 4.78 is 38.0. The number of carbonyl (C=O) groups is 5. The number of hydrogen-bond donors (Lipinski definition) is 2. The second kappa shape index (κ2) is 14.9. The smallest absolute Gasteiger partial charge is 0.332 e. The number of halogens is 2. The van der Waals surface area contributed by atoms with E-state index in [0.717, 1.165) is 19.2 Å². The van der Waals surface area contributed by atoms with Crippen LogP contribution in [0.2, 0.25) is 0 Å². The van der Waals surface area contributed by atoms with Crippen LogP contribution in [0.4, 0.5) is 8.78 Å². The van der Waals surface area contributed by atoms with Crippen LogP contribution in [0.5, 0.6) is 0 Å². The standard InChI is InChI=1S/C30H33F2N3O7/c1-18(42-29(39)25-10-7-13-35(25)19(2)36)27(30(40)41-3)34-28(38)24(16-21-14-22(31)17-23(32)15-21)33-26(37)12-11-20-8-5-4-6-9-20/h4-6,8-9,11-12,14-15,17-18,24-25,27H,7,10,13,16H2,1-3H3,(H,33,37)(H,34,38)/b12-11+/t18-,24+,25?,27+/m1/s1. The molecule has 2 aromatic rings. The van der Waals surface area contributed by atoms with Gasteiger partial charge in [0.05, 0.1) is 7.11 Å². The van der Waals surface area contributed by atoms with Gasteiger partial charge in [0.2, 0.25) is 17.7 Å². The molecule has 2 N–H and O–H groups in total. The van der Waals surface area contributed by atoms with Gasteiger partial charge in [0, 0.05) is 32.0 Å². The molecule has 0 bridgehead atoms. The summed E-state index contributed by atoms with van der Waals surface area (Å²) in [5.74, 6) is -5.32. The number of hydrogen-bond acceptors (Lipinski definition) is 7. The maximum Gasteiger partial charge on any atom is 0.332 e. The zero-order chi connectivity index (χ0) is 30.8. The predicted octanol–water partition coefficient (Wildman–Crippen LogP) is 2.31. The summed E-state index contributed by atoms with van der Waals surface area (Å²) in [7, 11) is 1.08. The highest BCUT2D eigenvalue weighted by molar-refractivity contribution is 5.96. The van der Waals surface area contributed by atoms with Crippen molar-refractivity contribution in [2.45, 2.75) is 57.3 Å². The van der Waals surface area contributed by atoms with Gasteiger partial charge in [-0.2, -0.15) is 0 Å². The summed E-state index contributed by atoms with van der Waals surface area (Å²) in [6, 6.07) is 7.85. The number of esters is 2.